The van der Waals surface area contributed by atoms with Crippen LogP contribution < -0.4 is 0 Å². The number of ether oxygens (including phenoxy) is 5. The Kier molecular flexibility index (Phi) is 21.0. The number of hydrogen-bond donors (Lipinski definition) is 3. The molecule has 14 heteroatoms. The molecule has 3 fully saturated rings. The maximum Gasteiger partial charge on any atom is 0.329 e. The molecular formula is C51H79NO13. The second kappa shape index (κ2) is 25.1. The summed E-state index contributed by atoms with van der Waals surface area (Å²) in [7, 11) is 4.52. The standard InChI is InChI=1S/C51H79NO13/c1-30-16-12-11-13-17-31(2)42(61-8)28-38-21-19-36(7)51(60,65-38)48(57)49(58)52-23-15-14-18-39(52)50(59)64-43(33(4)26-37-20-22-40(53)44(27-37)62-9)29-41(54)32(3)25-35(6)46(56)47(63-10)45(55)34(5)24-30/h11-13,16-17,25,30,32-34,36-40,42-44,46-47,53,56,60H,14-15,18-24,26-29H2,1-10H3/b13-11?,16-12+,31-17?,35-25+/t30-,32-,33-,34+,36-,37+,38+,39+,40-,42+,43+,44-,46-,47+,51-/m1/s1. The topological polar surface area (TPSA) is 195 Å². The first-order valence-corrected chi connectivity index (χ1v) is 23.9. The highest BCUT2D eigenvalue weighted by molar-refractivity contribution is 6.39. The van der Waals surface area contributed by atoms with Crippen LogP contribution in [0.5, 0.6) is 0 Å². The molecule has 1 aliphatic carbocycles. The van der Waals surface area contributed by atoms with E-state index in [0.717, 1.165) is 12.0 Å². The van der Waals surface area contributed by atoms with E-state index >= 15 is 0 Å². The van der Waals surface area contributed by atoms with E-state index in [0.29, 0.717) is 63.4 Å². The van der Waals surface area contributed by atoms with Gasteiger partial charge in [0.25, 0.3) is 11.7 Å². The molecule has 366 valence electrons. The fourth-order valence-electron chi connectivity index (χ4n) is 10.1. The van der Waals surface area contributed by atoms with E-state index in [1.165, 1.54) is 12.0 Å². The number of aliphatic hydroxyl groups is 3. The summed E-state index contributed by atoms with van der Waals surface area (Å²) in [6, 6.07) is -1.14. The van der Waals surface area contributed by atoms with E-state index in [9.17, 15) is 39.3 Å². The van der Waals surface area contributed by atoms with Gasteiger partial charge in [-0.3, -0.25) is 19.2 Å². The lowest BCUT2D eigenvalue weighted by Crippen LogP contribution is -2.61. The Morgan fingerprint density at radius 2 is 1.57 bits per heavy atom. The van der Waals surface area contributed by atoms with Crippen molar-refractivity contribution in [2.75, 3.05) is 27.9 Å². The lowest BCUT2D eigenvalue weighted by atomic mass is 9.78. The van der Waals surface area contributed by atoms with E-state index in [-0.39, 0.29) is 54.8 Å². The largest absolute Gasteiger partial charge is 0.460 e. The van der Waals surface area contributed by atoms with Crippen LogP contribution in [-0.2, 0) is 47.7 Å². The minimum Gasteiger partial charge on any atom is -0.460 e. The average Bonchev–Trinajstić information content (AvgIpc) is 3.28. The van der Waals surface area contributed by atoms with Crippen LogP contribution in [0.3, 0.4) is 0 Å². The molecule has 4 aliphatic rings. The molecule has 3 aliphatic heterocycles. The number of piperidine rings is 1. The van der Waals surface area contributed by atoms with Crippen molar-refractivity contribution >= 4 is 29.2 Å². The zero-order chi connectivity index (χ0) is 48.2. The van der Waals surface area contributed by atoms with Crippen LogP contribution in [0.15, 0.2) is 47.6 Å². The highest BCUT2D eigenvalue weighted by Gasteiger charge is 2.53. The number of nitrogens with zero attached hydrogens (tertiary/aromatic N) is 1. The predicted molar refractivity (Wildman–Crippen MR) is 245 cm³/mol. The molecule has 3 heterocycles. The van der Waals surface area contributed by atoms with Gasteiger partial charge in [-0.1, -0.05) is 71.1 Å². The fraction of sp³-hybridized carbons (Fsp3) is 0.745. The van der Waals surface area contributed by atoms with Crippen molar-refractivity contribution in [3.8, 4) is 0 Å². The Hall–Kier alpha value is -3.37. The number of hydrogen-bond acceptors (Lipinski definition) is 13. The lowest BCUT2D eigenvalue weighted by Gasteiger charge is -2.42. The number of Topliss-reactive ketones (excluding diaryl/α,β-unsaturated/α-hetero) is 3. The van der Waals surface area contributed by atoms with Gasteiger partial charge in [0.1, 0.15) is 30.1 Å². The second-order valence-electron chi connectivity index (χ2n) is 19.6. The Labute approximate surface area is 387 Å². The molecule has 0 unspecified atom stereocenters. The SMILES string of the molecule is CO[C@H]1C[C@@H]2CC[C@@H](C)[C@@](O)(O2)C(=O)C(=O)N2CCCC[C@H]2C(=O)O[C@H]([C@H](C)C[C@@H]2CC[C@@H](O)[C@H](OC)C2)CC(=O)[C@H](C)/C=C(\C)[C@@H](O)[C@@H](OC)C(=O)[C@@H](C)C[C@H](C)/C=C/C=CC=C1C. The molecule has 3 N–H and O–H groups in total. The van der Waals surface area contributed by atoms with Crippen LogP contribution in [-0.4, -0.2) is 132 Å². The molecular weight excluding hydrogens is 835 g/mol. The summed E-state index contributed by atoms with van der Waals surface area (Å²) in [6.07, 6.45) is 11.2. The molecule has 0 radical (unpaired) electrons. The summed E-state index contributed by atoms with van der Waals surface area (Å²) in [5.41, 5.74) is 1.27. The molecule has 0 aromatic rings. The van der Waals surface area contributed by atoms with Crippen LogP contribution >= 0.6 is 0 Å². The van der Waals surface area contributed by atoms with Crippen molar-refractivity contribution < 1.29 is 63.0 Å². The van der Waals surface area contributed by atoms with Crippen LogP contribution in [0.4, 0.5) is 0 Å². The van der Waals surface area contributed by atoms with E-state index < -0.39 is 83.9 Å². The Morgan fingerprint density at radius 3 is 2.25 bits per heavy atom. The van der Waals surface area contributed by atoms with Crippen molar-refractivity contribution in [1.82, 2.24) is 4.90 Å². The van der Waals surface area contributed by atoms with Gasteiger partial charge in [-0.05, 0) is 107 Å². The van der Waals surface area contributed by atoms with Crippen LogP contribution in [0, 0.1) is 35.5 Å². The third-order valence-corrected chi connectivity index (χ3v) is 14.5. The monoisotopic (exact) mass is 914 g/mol. The van der Waals surface area contributed by atoms with Crippen LogP contribution in [0.2, 0.25) is 0 Å². The molecule has 0 spiro atoms. The number of ketones is 3. The van der Waals surface area contributed by atoms with Gasteiger partial charge < -0.3 is 43.9 Å². The molecule has 1 amide bonds. The van der Waals surface area contributed by atoms with Crippen LogP contribution in [0.25, 0.3) is 0 Å². The van der Waals surface area contributed by atoms with Crippen molar-refractivity contribution in [3.63, 3.8) is 0 Å². The molecule has 15 atom stereocenters. The lowest BCUT2D eigenvalue weighted by molar-refractivity contribution is -0.265. The van der Waals surface area contributed by atoms with Crippen molar-refractivity contribution in [2.45, 2.75) is 180 Å². The number of carbonyl (C=O) groups is 5. The Bertz CT molecular complexity index is 1760. The van der Waals surface area contributed by atoms with Crippen molar-refractivity contribution in [2.24, 2.45) is 35.5 Å². The number of esters is 1. The van der Waals surface area contributed by atoms with Gasteiger partial charge >= 0.3 is 5.97 Å². The second-order valence-corrected chi connectivity index (χ2v) is 19.6. The number of rotatable bonds is 6. The van der Waals surface area contributed by atoms with Crippen molar-refractivity contribution in [3.05, 3.63) is 47.6 Å². The number of allylic oxidation sites excluding steroid dienone is 6. The van der Waals surface area contributed by atoms with Crippen molar-refractivity contribution in [1.29, 1.82) is 0 Å². The summed E-state index contributed by atoms with van der Waals surface area (Å²) in [6.45, 7) is 12.7. The summed E-state index contributed by atoms with van der Waals surface area (Å²) in [5.74, 6) is -7.96. The molecule has 1 saturated carbocycles. The quantitative estimate of drug-likeness (QED) is 0.156. The number of aliphatic hydroxyl groups excluding tert-OH is 2. The third kappa shape index (κ3) is 14.3. The van der Waals surface area contributed by atoms with Gasteiger partial charge in [0.2, 0.25) is 5.79 Å². The normalized spacial score (nSPS) is 39.1. The Balaban J connectivity index is 1.70. The predicted octanol–water partition coefficient (Wildman–Crippen LogP) is 6.18. The first kappa shape index (κ1) is 54.2. The maximum atomic E-state index is 14.4. The van der Waals surface area contributed by atoms with Gasteiger partial charge in [0, 0.05) is 58.5 Å². The number of fused-ring (bicyclic) bond motifs is 3. The minimum atomic E-state index is -2.43. The molecule has 4 rings (SSSR count). The maximum absolute atomic E-state index is 14.4. The van der Waals surface area contributed by atoms with Crippen LogP contribution in [0.1, 0.15) is 126 Å². The fourth-order valence-corrected chi connectivity index (χ4v) is 10.1. The number of carbonyl (C=O) groups excluding carboxylic acids is 5. The molecule has 0 aromatic carbocycles. The van der Waals surface area contributed by atoms with Gasteiger partial charge in [0.15, 0.2) is 5.78 Å². The van der Waals surface area contributed by atoms with E-state index in [2.05, 4.69) is 0 Å². The summed E-state index contributed by atoms with van der Waals surface area (Å²) in [5, 5.41) is 33.8. The van der Waals surface area contributed by atoms with Gasteiger partial charge in [-0.15, -0.1) is 0 Å². The summed E-state index contributed by atoms with van der Waals surface area (Å²) in [4.78, 5) is 71.8. The minimum absolute atomic E-state index is 0.0193. The highest BCUT2D eigenvalue weighted by Crippen LogP contribution is 2.38. The molecule has 2 bridgehead atoms. The molecule has 2 saturated heterocycles. The summed E-state index contributed by atoms with van der Waals surface area (Å²) < 4.78 is 29.4. The third-order valence-electron chi connectivity index (χ3n) is 14.5. The molecule has 0 aromatic heterocycles. The zero-order valence-electron chi connectivity index (χ0n) is 40.6. The highest BCUT2D eigenvalue weighted by atomic mass is 16.6. The number of cyclic esters (lactones) is 1. The van der Waals surface area contributed by atoms with Gasteiger partial charge in [0.05, 0.1) is 24.4 Å². The van der Waals surface area contributed by atoms with Gasteiger partial charge in [-0.2, -0.15) is 0 Å². The zero-order valence-corrected chi connectivity index (χ0v) is 40.6. The number of methoxy groups -OCH3 is 3. The average molecular weight is 914 g/mol. The van der Waals surface area contributed by atoms with E-state index in [1.807, 2.05) is 58.1 Å². The first-order chi connectivity index (χ1) is 30.7. The van der Waals surface area contributed by atoms with E-state index in [1.54, 1.807) is 41.1 Å². The first-order valence-electron chi connectivity index (χ1n) is 23.9. The Morgan fingerprint density at radius 1 is 0.846 bits per heavy atom. The van der Waals surface area contributed by atoms with E-state index in [4.69, 9.17) is 23.7 Å². The number of amides is 1. The molecule has 14 nitrogen and oxygen atoms in total. The summed E-state index contributed by atoms with van der Waals surface area (Å²) >= 11 is 0. The molecule has 65 heavy (non-hydrogen) atoms. The smallest absolute Gasteiger partial charge is 0.329 e. The van der Waals surface area contributed by atoms with Gasteiger partial charge in [-0.25, -0.2) is 4.79 Å².